The van der Waals surface area contributed by atoms with Crippen molar-refractivity contribution >= 4 is 0 Å². The molecule has 0 unspecified atom stereocenters. The minimum absolute atomic E-state index is 1.21. The summed E-state index contributed by atoms with van der Waals surface area (Å²) in [6.07, 6.45) is 22.4. The van der Waals surface area contributed by atoms with E-state index in [-0.39, 0.29) is 0 Å². The number of hydrogen-bond acceptors (Lipinski definition) is 0. The van der Waals surface area contributed by atoms with Crippen LogP contribution < -0.4 is 4.57 Å². The Morgan fingerprint density at radius 2 is 1.32 bits per heavy atom. The second-order valence-electron chi connectivity index (χ2n) is 6.80. The summed E-state index contributed by atoms with van der Waals surface area (Å²) in [6, 6.07) is 0. The third-order valence-electron chi connectivity index (χ3n) is 4.72. The van der Waals surface area contributed by atoms with E-state index in [0.717, 1.165) is 0 Å². The molecule has 0 aliphatic rings. The van der Waals surface area contributed by atoms with Crippen molar-refractivity contribution in [1.82, 2.24) is 4.57 Å². The van der Waals surface area contributed by atoms with Crippen LogP contribution >= 0.6 is 0 Å². The largest absolute Gasteiger partial charge is 0.256 e. The monoisotopic (exact) mass is 307 g/mol. The van der Waals surface area contributed by atoms with Gasteiger partial charge in [-0.05, 0) is 19.3 Å². The Morgan fingerprint density at radius 3 is 1.95 bits per heavy atom. The van der Waals surface area contributed by atoms with E-state index in [0.29, 0.717) is 0 Å². The highest BCUT2D eigenvalue weighted by atomic mass is 15.1. The number of nitrogens with zero attached hydrogens (tertiary/aromatic N) is 2. The van der Waals surface area contributed by atoms with Gasteiger partial charge >= 0.3 is 0 Å². The number of rotatable bonds is 14. The zero-order valence-electron chi connectivity index (χ0n) is 15.4. The molecule has 128 valence electrons. The smallest absolute Gasteiger partial charge is 0.237 e. The van der Waals surface area contributed by atoms with Crippen LogP contribution in [-0.4, -0.2) is 4.57 Å². The number of unbranched alkanes of at least 4 members (excludes halogenated alkanes) is 10. The maximum absolute atomic E-state index is 2.49. The summed E-state index contributed by atoms with van der Waals surface area (Å²) in [4.78, 5) is 0. The first-order valence-electron chi connectivity index (χ1n) is 9.83. The van der Waals surface area contributed by atoms with E-state index < -0.39 is 0 Å². The second-order valence-corrected chi connectivity index (χ2v) is 6.80. The van der Waals surface area contributed by atoms with Crippen LogP contribution in [-0.2, 0) is 20.0 Å². The molecule has 1 heterocycles. The van der Waals surface area contributed by atoms with E-state index in [4.69, 9.17) is 0 Å². The maximum atomic E-state index is 2.49. The van der Waals surface area contributed by atoms with Gasteiger partial charge in [0.2, 0.25) is 0 Å². The van der Waals surface area contributed by atoms with Crippen molar-refractivity contribution in [2.24, 2.45) is 7.05 Å². The topological polar surface area (TPSA) is 8.81 Å². The van der Waals surface area contributed by atoms with Crippen LogP contribution in [0.2, 0.25) is 0 Å². The van der Waals surface area contributed by atoms with Crippen LogP contribution in [0, 0.1) is 0 Å². The molecule has 0 bridgehead atoms. The molecule has 0 atom stereocenters. The van der Waals surface area contributed by atoms with Gasteiger partial charge in [-0.1, -0.05) is 71.6 Å². The molecule has 0 radical (unpaired) electrons. The van der Waals surface area contributed by atoms with Gasteiger partial charge < -0.3 is 0 Å². The summed E-state index contributed by atoms with van der Waals surface area (Å²) >= 11 is 0. The molecule has 0 fully saturated rings. The van der Waals surface area contributed by atoms with Gasteiger partial charge in [0.25, 0.3) is 5.82 Å². The molecular formula is C20H39N2+. The molecule has 0 amide bonds. The van der Waals surface area contributed by atoms with Crippen molar-refractivity contribution in [3.05, 3.63) is 18.2 Å². The molecule has 0 aromatic carbocycles. The summed E-state index contributed by atoms with van der Waals surface area (Å²) < 4.78 is 4.81. The van der Waals surface area contributed by atoms with E-state index >= 15 is 0 Å². The van der Waals surface area contributed by atoms with Gasteiger partial charge in [0.1, 0.15) is 12.4 Å². The number of aromatic nitrogens is 2. The maximum Gasteiger partial charge on any atom is 0.256 e. The van der Waals surface area contributed by atoms with Crippen molar-refractivity contribution in [2.75, 3.05) is 0 Å². The molecule has 0 aliphatic heterocycles. The fourth-order valence-electron chi connectivity index (χ4n) is 3.20. The highest BCUT2D eigenvalue weighted by molar-refractivity contribution is 4.84. The first-order chi connectivity index (χ1) is 10.8. The van der Waals surface area contributed by atoms with E-state index in [9.17, 15) is 0 Å². The fourth-order valence-corrected chi connectivity index (χ4v) is 3.20. The predicted octanol–water partition coefficient (Wildman–Crippen LogP) is 5.58. The third-order valence-corrected chi connectivity index (χ3v) is 4.72. The van der Waals surface area contributed by atoms with Gasteiger partial charge in [-0.2, -0.15) is 0 Å². The Morgan fingerprint density at radius 1 is 0.773 bits per heavy atom. The SMILES string of the molecule is CCCCCCCCCCn1cc[n+](C)c1CCCCCC. The molecule has 0 spiro atoms. The lowest BCUT2D eigenvalue weighted by Gasteiger charge is -2.04. The van der Waals surface area contributed by atoms with Crippen LogP contribution in [0.5, 0.6) is 0 Å². The molecule has 1 aromatic rings. The minimum Gasteiger partial charge on any atom is -0.237 e. The second kappa shape index (κ2) is 12.7. The Bertz CT molecular complexity index is 368. The summed E-state index contributed by atoms with van der Waals surface area (Å²) in [5.74, 6) is 1.51. The summed E-state index contributed by atoms with van der Waals surface area (Å²) in [5, 5.41) is 0. The summed E-state index contributed by atoms with van der Waals surface area (Å²) in [5.41, 5.74) is 0. The van der Waals surface area contributed by atoms with Crippen molar-refractivity contribution < 1.29 is 4.57 Å². The lowest BCUT2D eigenvalue weighted by molar-refractivity contribution is -0.678. The molecule has 22 heavy (non-hydrogen) atoms. The van der Waals surface area contributed by atoms with E-state index in [1.165, 1.54) is 95.8 Å². The van der Waals surface area contributed by atoms with Crippen molar-refractivity contribution in [3.63, 3.8) is 0 Å². The average Bonchev–Trinajstić information content (AvgIpc) is 2.87. The molecule has 0 aliphatic carbocycles. The lowest BCUT2D eigenvalue weighted by Crippen LogP contribution is -2.32. The summed E-state index contributed by atoms with van der Waals surface area (Å²) in [6.45, 7) is 5.78. The Labute approximate surface area is 138 Å². The Kier molecular flexibility index (Phi) is 11.1. The van der Waals surface area contributed by atoms with E-state index in [1.54, 1.807) is 0 Å². The zero-order valence-corrected chi connectivity index (χ0v) is 15.4. The molecule has 0 saturated carbocycles. The average molecular weight is 308 g/mol. The van der Waals surface area contributed by atoms with Crippen molar-refractivity contribution in [1.29, 1.82) is 0 Å². The first kappa shape index (κ1) is 19.3. The van der Waals surface area contributed by atoms with Gasteiger partial charge in [0, 0.05) is 6.42 Å². The molecule has 0 N–H and O–H groups in total. The van der Waals surface area contributed by atoms with Crippen LogP contribution in [0.4, 0.5) is 0 Å². The minimum atomic E-state index is 1.21. The van der Waals surface area contributed by atoms with Gasteiger partial charge in [-0.3, -0.25) is 0 Å². The molecule has 2 nitrogen and oxygen atoms in total. The first-order valence-corrected chi connectivity index (χ1v) is 9.83. The predicted molar refractivity (Wildman–Crippen MR) is 96.1 cm³/mol. The molecule has 0 saturated heterocycles. The van der Waals surface area contributed by atoms with Crippen LogP contribution in [0.1, 0.15) is 96.7 Å². The quantitative estimate of drug-likeness (QED) is 0.313. The fraction of sp³-hybridized carbons (Fsp3) is 0.850. The standard InChI is InChI=1S/C20H39N2/c1-4-6-8-10-11-12-13-15-17-22-19-18-21(3)20(22)16-14-9-7-5-2/h18-19H,4-17H2,1-3H3/q+1. The molecular weight excluding hydrogens is 268 g/mol. The van der Waals surface area contributed by atoms with E-state index in [2.05, 4.69) is 42.4 Å². The van der Waals surface area contributed by atoms with Gasteiger partial charge in [0.05, 0.1) is 13.6 Å². The third kappa shape index (κ3) is 8.00. The molecule has 1 aromatic heterocycles. The van der Waals surface area contributed by atoms with Gasteiger partial charge in [0.15, 0.2) is 0 Å². The zero-order chi connectivity index (χ0) is 16.0. The highest BCUT2D eigenvalue weighted by Gasteiger charge is 2.13. The Hall–Kier alpha value is -0.790. The Balaban J connectivity index is 2.16. The van der Waals surface area contributed by atoms with Crippen LogP contribution in [0.3, 0.4) is 0 Å². The molecule has 2 heteroatoms. The number of aryl methyl sites for hydroxylation is 2. The molecule has 1 rings (SSSR count). The van der Waals surface area contributed by atoms with Crippen molar-refractivity contribution in [2.45, 2.75) is 104 Å². The lowest BCUT2D eigenvalue weighted by atomic mass is 10.1. The van der Waals surface area contributed by atoms with Gasteiger partial charge in [-0.15, -0.1) is 0 Å². The highest BCUT2D eigenvalue weighted by Crippen LogP contribution is 2.10. The van der Waals surface area contributed by atoms with Crippen LogP contribution in [0.25, 0.3) is 0 Å². The van der Waals surface area contributed by atoms with Crippen molar-refractivity contribution in [3.8, 4) is 0 Å². The normalized spacial score (nSPS) is 11.2. The summed E-state index contributed by atoms with van der Waals surface area (Å²) in [7, 11) is 2.19. The number of imidazole rings is 1. The van der Waals surface area contributed by atoms with E-state index in [1.807, 2.05) is 0 Å². The van der Waals surface area contributed by atoms with Gasteiger partial charge in [-0.25, -0.2) is 9.13 Å². The number of hydrogen-bond donors (Lipinski definition) is 0. The van der Waals surface area contributed by atoms with Crippen LogP contribution in [0.15, 0.2) is 12.4 Å².